The molecule has 0 unspecified atom stereocenters. The maximum Gasteiger partial charge on any atom is 0.433 e. The summed E-state index contributed by atoms with van der Waals surface area (Å²) >= 11 is 11.8. The van der Waals surface area contributed by atoms with Crippen LogP contribution in [0.5, 0.6) is 11.5 Å². The van der Waals surface area contributed by atoms with Crippen LogP contribution in [0.2, 0.25) is 10.0 Å². The van der Waals surface area contributed by atoms with E-state index >= 15 is 0 Å². The van der Waals surface area contributed by atoms with Crippen LogP contribution in [0.25, 0.3) is 22.4 Å². The first kappa shape index (κ1) is 22.9. The predicted octanol–water partition coefficient (Wildman–Crippen LogP) is 7.49. The summed E-state index contributed by atoms with van der Waals surface area (Å²) in [6, 6.07) is 14.0. The average Bonchev–Trinajstić information content (AvgIpc) is 3.19. The van der Waals surface area contributed by atoms with E-state index in [1.807, 2.05) is 5.10 Å². The van der Waals surface area contributed by atoms with Gasteiger partial charge in [0.05, 0.1) is 5.02 Å². The number of aromatic amines is 1. The molecule has 4 rings (SSSR count). The Morgan fingerprint density at radius 3 is 2.36 bits per heavy atom. The molecule has 170 valence electrons. The molecular weight excluding hydrogens is 483 g/mol. The van der Waals surface area contributed by atoms with Gasteiger partial charge in [0, 0.05) is 27.8 Å². The quantitative estimate of drug-likeness (QED) is 0.281. The fourth-order valence-electron chi connectivity index (χ4n) is 3.27. The molecule has 0 fully saturated rings. The number of aromatic nitrogens is 2. The number of halogens is 6. The predicted molar refractivity (Wildman–Crippen MR) is 117 cm³/mol. The molecule has 0 saturated carbocycles. The molecule has 1 aromatic heterocycles. The summed E-state index contributed by atoms with van der Waals surface area (Å²) in [6.45, 7) is -0.207. The van der Waals surface area contributed by atoms with Crippen molar-refractivity contribution in [1.82, 2.24) is 10.2 Å². The van der Waals surface area contributed by atoms with Crippen molar-refractivity contribution in [3.05, 3.63) is 87.8 Å². The number of phenolic OH excluding ortho intramolecular Hbond substituents is 1. The van der Waals surface area contributed by atoms with Crippen LogP contribution in [0.1, 0.15) is 11.3 Å². The molecule has 10 heteroatoms. The summed E-state index contributed by atoms with van der Waals surface area (Å²) in [5, 5.41) is 16.9. The highest BCUT2D eigenvalue weighted by atomic mass is 35.5. The number of benzene rings is 3. The Morgan fingerprint density at radius 1 is 1.00 bits per heavy atom. The van der Waals surface area contributed by atoms with Gasteiger partial charge in [-0.3, -0.25) is 5.10 Å². The van der Waals surface area contributed by atoms with Crippen LogP contribution in [0.15, 0.2) is 60.7 Å². The largest absolute Gasteiger partial charge is 0.507 e. The van der Waals surface area contributed by atoms with Crippen LogP contribution >= 0.6 is 23.2 Å². The van der Waals surface area contributed by atoms with E-state index in [1.54, 1.807) is 0 Å². The third-order valence-electron chi connectivity index (χ3n) is 4.85. The van der Waals surface area contributed by atoms with Crippen molar-refractivity contribution < 1.29 is 27.4 Å². The third-order valence-corrected chi connectivity index (χ3v) is 5.46. The molecule has 0 bridgehead atoms. The van der Waals surface area contributed by atoms with Gasteiger partial charge >= 0.3 is 6.18 Å². The number of nitrogens with zero attached hydrogens (tertiary/aromatic N) is 1. The fourth-order valence-corrected chi connectivity index (χ4v) is 3.61. The van der Waals surface area contributed by atoms with Crippen LogP contribution in [0.3, 0.4) is 0 Å². The second kappa shape index (κ2) is 8.96. The van der Waals surface area contributed by atoms with Gasteiger partial charge < -0.3 is 9.84 Å². The molecule has 1 heterocycles. The lowest BCUT2D eigenvalue weighted by atomic mass is 9.98. The van der Waals surface area contributed by atoms with Gasteiger partial charge in [-0.15, -0.1) is 0 Å². The van der Waals surface area contributed by atoms with Gasteiger partial charge in [-0.25, -0.2) is 4.39 Å². The second-order valence-electron chi connectivity index (χ2n) is 6.99. The lowest BCUT2D eigenvalue weighted by Crippen LogP contribution is -2.07. The molecule has 33 heavy (non-hydrogen) atoms. The summed E-state index contributed by atoms with van der Waals surface area (Å²) in [6.07, 6.45) is -4.71. The van der Waals surface area contributed by atoms with E-state index < -0.39 is 17.7 Å². The van der Waals surface area contributed by atoms with E-state index in [0.717, 1.165) is 0 Å². The Balaban J connectivity index is 1.70. The maximum atomic E-state index is 13.9. The molecule has 0 spiro atoms. The zero-order valence-corrected chi connectivity index (χ0v) is 18.1. The fraction of sp³-hybridized carbons (Fsp3) is 0.0870. The normalized spacial score (nSPS) is 11.6. The number of phenols is 1. The lowest BCUT2D eigenvalue weighted by Gasteiger charge is -2.12. The molecule has 0 aliphatic rings. The minimum Gasteiger partial charge on any atom is -0.507 e. The Kier molecular flexibility index (Phi) is 6.23. The van der Waals surface area contributed by atoms with E-state index in [9.17, 15) is 22.7 Å². The van der Waals surface area contributed by atoms with Crippen LogP contribution < -0.4 is 4.74 Å². The molecule has 0 saturated heterocycles. The Bertz CT molecular complexity index is 1280. The monoisotopic (exact) mass is 496 g/mol. The summed E-state index contributed by atoms with van der Waals surface area (Å²) in [7, 11) is 0. The topological polar surface area (TPSA) is 58.1 Å². The van der Waals surface area contributed by atoms with E-state index in [0.29, 0.717) is 5.02 Å². The number of aromatic hydroxyl groups is 1. The van der Waals surface area contributed by atoms with Crippen molar-refractivity contribution in [1.29, 1.82) is 0 Å². The highest BCUT2D eigenvalue weighted by Gasteiger charge is 2.38. The summed E-state index contributed by atoms with van der Waals surface area (Å²) in [4.78, 5) is 0. The third kappa shape index (κ3) is 4.77. The van der Waals surface area contributed by atoms with Crippen LogP contribution in [-0.4, -0.2) is 15.3 Å². The molecule has 2 N–H and O–H groups in total. The zero-order chi connectivity index (χ0) is 23.8. The summed E-state index contributed by atoms with van der Waals surface area (Å²) < 4.78 is 60.3. The van der Waals surface area contributed by atoms with E-state index in [2.05, 4.69) is 5.10 Å². The van der Waals surface area contributed by atoms with Gasteiger partial charge in [0.2, 0.25) is 0 Å². The Labute approximate surface area is 195 Å². The molecule has 0 radical (unpaired) electrons. The van der Waals surface area contributed by atoms with Gasteiger partial charge in [-0.05, 0) is 42.0 Å². The smallest absolute Gasteiger partial charge is 0.433 e. The SMILES string of the molecule is Oc1cc(OCc2c(F)cccc2Cl)ccc1-c1n[nH]c(C(F)(F)F)c1-c1ccc(Cl)cc1. The van der Waals surface area contributed by atoms with Crippen molar-refractivity contribution in [2.24, 2.45) is 0 Å². The molecule has 4 aromatic rings. The first-order valence-corrected chi connectivity index (χ1v) is 10.2. The van der Waals surface area contributed by atoms with Crippen molar-refractivity contribution in [2.45, 2.75) is 12.8 Å². The number of hydrogen-bond donors (Lipinski definition) is 2. The number of ether oxygens (including phenoxy) is 1. The van der Waals surface area contributed by atoms with E-state index in [-0.39, 0.29) is 51.1 Å². The standard InChI is InChI=1S/C23H14Cl2F4N2O2/c24-13-6-4-12(5-7-13)20-21(30-31-22(20)23(27,28)29)15-9-8-14(10-19(15)32)33-11-16-17(25)2-1-3-18(16)26/h1-10,32H,11H2,(H,30,31). The summed E-state index contributed by atoms with van der Waals surface area (Å²) in [5.74, 6) is -0.759. The highest BCUT2D eigenvalue weighted by molar-refractivity contribution is 6.31. The summed E-state index contributed by atoms with van der Waals surface area (Å²) in [5.41, 5.74) is -1.01. The first-order valence-electron chi connectivity index (χ1n) is 9.45. The van der Waals surface area contributed by atoms with Crippen LogP contribution in [0.4, 0.5) is 17.6 Å². The minimum atomic E-state index is -4.71. The van der Waals surface area contributed by atoms with Gasteiger partial charge in [-0.2, -0.15) is 18.3 Å². The molecule has 0 aliphatic heterocycles. The van der Waals surface area contributed by atoms with E-state index in [1.165, 1.54) is 60.7 Å². The zero-order valence-electron chi connectivity index (χ0n) is 16.6. The average molecular weight is 497 g/mol. The van der Waals surface area contributed by atoms with Crippen LogP contribution in [0, 0.1) is 5.82 Å². The molecule has 0 amide bonds. The molecule has 0 atom stereocenters. The number of alkyl halides is 3. The van der Waals surface area contributed by atoms with E-state index in [4.69, 9.17) is 27.9 Å². The van der Waals surface area contributed by atoms with Gasteiger partial charge in [0.15, 0.2) is 0 Å². The second-order valence-corrected chi connectivity index (χ2v) is 7.84. The Hall–Kier alpha value is -3.23. The Morgan fingerprint density at radius 2 is 1.73 bits per heavy atom. The van der Waals surface area contributed by atoms with Crippen molar-refractivity contribution in [3.8, 4) is 33.9 Å². The number of hydrogen-bond acceptors (Lipinski definition) is 3. The van der Waals surface area contributed by atoms with Crippen molar-refractivity contribution in [3.63, 3.8) is 0 Å². The van der Waals surface area contributed by atoms with Crippen LogP contribution in [-0.2, 0) is 12.8 Å². The maximum absolute atomic E-state index is 13.9. The van der Waals surface area contributed by atoms with Gasteiger partial charge in [0.1, 0.15) is 35.3 Å². The molecule has 4 nitrogen and oxygen atoms in total. The van der Waals surface area contributed by atoms with Gasteiger partial charge in [0.25, 0.3) is 0 Å². The minimum absolute atomic E-state index is 0.0444. The first-order chi connectivity index (χ1) is 15.6. The molecular formula is C23H14Cl2F4N2O2. The van der Waals surface area contributed by atoms with Gasteiger partial charge in [-0.1, -0.05) is 41.4 Å². The highest BCUT2D eigenvalue weighted by Crippen LogP contribution is 2.44. The van der Waals surface area contributed by atoms with Crippen molar-refractivity contribution >= 4 is 23.2 Å². The number of rotatable bonds is 5. The lowest BCUT2D eigenvalue weighted by molar-refractivity contribution is -0.140. The molecule has 0 aliphatic carbocycles. The van der Waals surface area contributed by atoms with Crippen molar-refractivity contribution in [2.75, 3.05) is 0 Å². The molecule has 3 aromatic carbocycles. The number of nitrogens with one attached hydrogen (secondary N) is 1. The number of H-pyrrole nitrogens is 1.